The van der Waals surface area contributed by atoms with E-state index in [1.165, 1.54) is 19.5 Å². The van der Waals surface area contributed by atoms with Crippen LogP contribution >= 0.6 is 11.6 Å². The number of nitrogens with two attached hydrogens (primary N) is 1. The molecule has 0 aliphatic heterocycles. The van der Waals surface area contributed by atoms with Crippen LogP contribution in [0.3, 0.4) is 0 Å². The van der Waals surface area contributed by atoms with E-state index in [4.69, 9.17) is 36.8 Å². The number of pyridine rings is 2. The largest absolute Gasteiger partial charge is 0.491 e. The van der Waals surface area contributed by atoms with Crippen molar-refractivity contribution >= 4 is 17.4 Å². The van der Waals surface area contributed by atoms with Crippen molar-refractivity contribution in [2.45, 2.75) is 6.61 Å². The number of hydrogen-bond acceptors (Lipinski definition) is 7. The van der Waals surface area contributed by atoms with Gasteiger partial charge in [0, 0.05) is 18.3 Å². The van der Waals surface area contributed by atoms with Crippen LogP contribution in [0, 0.1) is 11.3 Å². The minimum Gasteiger partial charge on any atom is -0.491 e. The molecule has 0 spiro atoms. The van der Waals surface area contributed by atoms with Crippen molar-refractivity contribution in [3.63, 3.8) is 0 Å². The van der Waals surface area contributed by atoms with Crippen molar-refractivity contribution < 1.29 is 14.2 Å². The topological polar surface area (TPSA) is 103 Å². The summed E-state index contributed by atoms with van der Waals surface area (Å²) < 4.78 is 16.7. The molecule has 0 atom stereocenters. The first-order chi connectivity index (χ1) is 13.1. The van der Waals surface area contributed by atoms with Crippen molar-refractivity contribution in [2.24, 2.45) is 0 Å². The van der Waals surface area contributed by atoms with Crippen LogP contribution in [0.4, 0.5) is 5.82 Å². The first-order valence-corrected chi connectivity index (χ1v) is 8.21. The third-order valence-corrected chi connectivity index (χ3v) is 3.75. The molecule has 136 valence electrons. The Morgan fingerprint density at radius 3 is 2.59 bits per heavy atom. The minimum atomic E-state index is 0.208. The molecule has 8 heteroatoms. The summed E-state index contributed by atoms with van der Waals surface area (Å²) in [5, 5.41) is 9.23. The molecule has 3 aromatic rings. The molecule has 0 aliphatic carbocycles. The second kappa shape index (κ2) is 8.25. The fourth-order valence-corrected chi connectivity index (χ4v) is 2.34. The molecule has 3 rings (SSSR count). The summed E-state index contributed by atoms with van der Waals surface area (Å²) in [6, 6.07) is 12.3. The Labute approximate surface area is 160 Å². The molecule has 2 heterocycles. The van der Waals surface area contributed by atoms with Gasteiger partial charge in [-0.2, -0.15) is 5.26 Å². The van der Waals surface area contributed by atoms with Gasteiger partial charge in [-0.1, -0.05) is 23.7 Å². The average molecular weight is 383 g/mol. The van der Waals surface area contributed by atoms with Crippen LogP contribution < -0.4 is 19.9 Å². The van der Waals surface area contributed by atoms with Crippen LogP contribution in [0.5, 0.6) is 23.1 Å². The van der Waals surface area contributed by atoms with E-state index in [-0.39, 0.29) is 12.4 Å². The van der Waals surface area contributed by atoms with E-state index in [1.807, 2.05) is 12.1 Å². The maximum Gasteiger partial charge on any atom is 0.257 e. The highest BCUT2D eigenvalue weighted by molar-refractivity contribution is 6.30. The van der Waals surface area contributed by atoms with E-state index in [2.05, 4.69) is 16.0 Å². The van der Waals surface area contributed by atoms with Gasteiger partial charge in [-0.15, -0.1) is 0 Å². The van der Waals surface area contributed by atoms with Gasteiger partial charge in [0.1, 0.15) is 12.4 Å². The second-order valence-electron chi connectivity index (χ2n) is 5.41. The molecule has 0 bridgehead atoms. The smallest absolute Gasteiger partial charge is 0.257 e. The molecule has 0 amide bonds. The summed E-state index contributed by atoms with van der Waals surface area (Å²) in [6.45, 7) is 0.278. The molecule has 0 saturated heterocycles. The monoisotopic (exact) mass is 382 g/mol. The molecule has 27 heavy (non-hydrogen) atoms. The summed E-state index contributed by atoms with van der Waals surface area (Å²) in [5.74, 6) is 1.63. The Bertz CT molecular complexity index is 987. The number of nitriles is 1. The third kappa shape index (κ3) is 4.57. The molecule has 1 aromatic carbocycles. The van der Waals surface area contributed by atoms with E-state index in [1.54, 1.807) is 24.3 Å². The highest BCUT2D eigenvalue weighted by Gasteiger charge is 2.11. The van der Waals surface area contributed by atoms with Crippen LogP contribution in [0.25, 0.3) is 0 Å². The van der Waals surface area contributed by atoms with Gasteiger partial charge >= 0.3 is 0 Å². The highest BCUT2D eigenvalue weighted by Crippen LogP contribution is 2.33. The number of nitrogens with zero attached hydrogens (tertiary/aromatic N) is 3. The summed E-state index contributed by atoms with van der Waals surface area (Å²) in [4.78, 5) is 8.16. The van der Waals surface area contributed by atoms with Crippen molar-refractivity contribution in [1.82, 2.24) is 9.97 Å². The van der Waals surface area contributed by atoms with Gasteiger partial charge in [0.25, 0.3) is 5.88 Å². The maximum absolute atomic E-state index is 8.83. The lowest BCUT2D eigenvalue weighted by Crippen LogP contribution is -2.01. The van der Waals surface area contributed by atoms with E-state index >= 15 is 0 Å². The summed E-state index contributed by atoms with van der Waals surface area (Å²) in [5.41, 5.74) is 7.27. The number of ether oxygens (including phenoxy) is 3. The van der Waals surface area contributed by atoms with E-state index in [9.17, 15) is 0 Å². The summed E-state index contributed by atoms with van der Waals surface area (Å²) >= 11 is 5.91. The average Bonchev–Trinajstić information content (AvgIpc) is 2.70. The van der Waals surface area contributed by atoms with Crippen LogP contribution in [0.1, 0.15) is 11.1 Å². The lowest BCUT2D eigenvalue weighted by Gasteiger charge is -2.12. The molecule has 2 N–H and O–H groups in total. The quantitative estimate of drug-likeness (QED) is 0.687. The Morgan fingerprint density at radius 1 is 1.11 bits per heavy atom. The summed E-state index contributed by atoms with van der Waals surface area (Å²) in [7, 11) is 1.50. The van der Waals surface area contributed by atoms with Gasteiger partial charge in [-0.3, -0.25) is 0 Å². The Kier molecular flexibility index (Phi) is 5.59. The Hall–Kier alpha value is -3.50. The molecular formula is C19H15ClN4O3. The van der Waals surface area contributed by atoms with Crippen molar-refractivity contribution in [2.75, 3.05) is 12.8 Å². The highest BCUT2D eigenvalue weighted by atomic mass is 35.5. The van der Waals surface area contributed by atoms with E-state index in [0.29, 0.717) is 33.7 Å². The van der Waals surface area contributed by atoms with Crippen LogP contribution in [-0.4, -0.2) is 17.1 Å². The van der Waals surface area contributed by atoms with Gasteiger partial charge in [0.15, 0.2) is 17.3 Å². The number of halogens is 1. The van der Waals surface area contributed by atoms with E-state index in [0.717, 1.165) is 5.56 Å². The lowest BCUT2D eigenvalue weighted by atomic mass is 10.2. The normalized spacial score (nSPS) is 10.1. The van der Waals surface area contributed by atoms with Crippen molar-refractivity contribution in [3.8, 4) is 29.2 Å². The number of methoxy groups -OCH3 is 1. The lowest BCUT2D eigenvalue weighted by molar-refractivity contribution is 0.271. The maximum atomic E-state index is 8.83. The zero-order valence-electron chi connectivity index (χ0n) is 14.3. The van der Waals surface area contributed by atoms with Gasteiger partial charge < -0.3 is 19.9 Å². The predicted molar refractivity (Wildman–Crippen MR) is 100 cm³/mol. The first kappa shape index (κ1) is 18.3. The molecule has 0 fully saturated rings. The zero-order valence-corrected chi connectivity index (χ0v) is 15.1. The molecule has 0 unspecified atom stereocenters. The van der Waals surface area contributed by atoms with Crippen LogP contribution in [0.15, 0.2) is 48.8 Å². The van der Waals surface area contributed by atoms with Gasteiger partial charge in [-0.25, -0.2) is 9.97 Å². The third-order valence-electron chi connectivity index (χ3n) is 3.55. The first-order valence-electron chi connectivity index (χ1n) is 7.84. The van der Waals surface area contributed by atoms with Crippen LogP contribution in [-0.2, 0) is 6.61 Å². The van der Waals surface area contributed by atoms with Gasteiger partial charge in [0.2, 0.25) is 0 Å². The van der Waals surface area contributed by atoms with Crippen molar-refractivity contribution in [1.29, 1.82) is 5.26 Å². The minimum absolute atomic E-state index is 0.208. The predicted octanol–water partition coefficient (Wildman–Crippen LogP) is 3.96. The number of nitrogen functional groups attached to an aromatic ring is 1. The second-order valence-corrected chi connectivity index (χ2v) is 5.85. The molecule has 0 saturated carbocycles. The number of hydrogen-bond donors (Lipinski definition) is 1. The molecular weight excluding hydrogens is 368 g/mol. The molecule has 0 aliphatic rings. The fourth-order valence-electron chi connectivity index (χ4n) is 2.19. The van der Waals surface area contributed by atoms with Crippen molar-refractivity contribution in [3.05, 3.63) is 64.9 Å². The Balaban J connectivity index is 1.73. The standard InChI is InChI=1S/C19H15ClN4O3/c1-25-17-7-15(27-16-6-14(20)9-23-18(16)22)10-24-19(17)26-11-13-4-2-12(8-21)3-5-13/h2-7,9-10H,11H2,1H3,(H2,22,23). The number of rotatable bonds is 6. The summed E-state index contributed by atoms with van der Waals surface area (Å²) in [6.07, 6.45) is 2.92. The van der Waals surface area contributed by atoms with Gasteiger partial charge in [-0.05, 0) is 17.7 Å². The SMILES string of the molecule is COc1cc(Oc2cc(Cl)cnc2N)cnc1OCc1ccc(C#N)cc1. The van der Waals surface area contributed by atoms with Crippen LogP contribution in [0.2, 0.25) is 5.02 Å². The fraction of sp³-hybridized carbons (Fsp3) is 0.105. The molecule has 7 nitrogen and oxygen atoms in total. The Morgan fingerprint density at radius 2 is 1.89 bits per heavy atom. The number of aromatic nitrogens is 2. The number of anilines is 1. The zero-order chi connectivity index (χ0) is 19.2. The number of benzene rings is 1. The molecule has 0 radical (unpaired) electrons. The van der Waals surface area contributed by atoms with E-state index < -0.39 is 0 Å². The van der Waals surface area contributed by atoms with Gasteiger partial charge in [0.05, 0.1) is 30.0 Å². The molecule has 2 aromatic heterocycles.